The first-order valence-corrected chi connectivity index (χ1v) is 14.2. The summed E-state index contributed by atoms with van der Waals surface area (Å²) < 4.78 is 31.8. The molecule has 0 spiro atoms. The van der Waals surface area contributed by atoms with E-state index in [9.17, 15) is 13.7 Å². The van der Waals surface area contributed by atoms with Crippen molar-refractivity contribution in [3.8, 4) is 23.0 Å². The van der Waals surface area contributed by atoms with E-state index in [0.29, 0.717) is 41.3 Å². The minimum absolute atomic E-state index is 0.238. The fourth-order valence-electron chi connectivity index (χ4n) is 5.00. The molecule has 9 heteroatoms. The van der Waals surface area contributed by atoms with Gasteiger partial charge in [-0.1, -0.05) is 42.5 Å². The standard InChI is InChI=1S/C30H26N6O2S/c1-34-28-15-6-5-14-27(28)32-30(34)23(20-31)18-24-21-36(25-11-3-2-4-12-25)33-29(24)22-10-9-13-26(19-22)39(37,38)35-16-7-8-17-35/h2-6,9-15,18-19,21H,7-8,16-17H2,1H3/b23-18-. The van der Waals surface area contributed by atoms with Crippen LogP contribution in [0.3, 0.4) is 0 Å². The monoisotopic (exact) mass is 534 g/mol. The quantitative estimate of drug-likeness (QED) is 0.276. The summed E-state index contributed by atoms with van der Waals surface area (Å²) in [6, 6.07) is 26.6. The summed E-state index contributed by atoms with van der Waals surface area (Å²) in [5, 5.41) is 15.0. The molecular weight excluding hydrogens is 508 g/mol. The Bertz CT molecular complexity index is 1860. The third-order valence-corrected chi connectivity index (χ3v) is 8.92. The number of nitrogens with zero attached hydrogens (tertiary/aromatic N) is 6. The molecule has 1 aliphatic heterocycles. The zero-order valence-corrected chi connectivity index (χ0v) is 22.2. The SMILES string of the molecule is Cn1c(/C(C#N)=C\c2cn(-c3ccccc3)nc2-c2cccc(S(=O)(=O)N3CCCC3)c2)nc2ccccc21. The smallest absolute Gasteiger partial charge is 0.243 e. The van der Waals surface area contributed by atoms with Gasteiger partial charge < -0.3 is 4.57 Å². The number of fused-ring (bicyclic) bond motifs is 1. The molecule has 0 radical (unpaired) electrons. The average molecular weight is 535 g/mol. The lowest BCUT2D eigenvalue weighted by Gasteiger charge is -2.16. The lowest BCUT2D eigenvalue weighted by molar-refractivity contribution is 0.477. The van der Waals surface area contributed by atoms with E-state index < -0.39 is 10.0 Å². The van der Waals surface area contributed by atoms with Crippen molar-refractivity contribution < 1.29 is 8.42 Å². The van der Waals surface area contributed by atoms with Crippen LogP contribution >= 0.6 is 0 Å². The summed E-state index contributed by atoms with van der Waals surface area (Å²) >= 11 is 0. The van der Waals surface area contributed by atoms with Crippen LogP contribution in [0.1, 0.15) is 24.2 Å². The first kappa shape index (κ1) is 24.8. The minimum Gasteiger partial charge on any atom is -0.327 e. The largest absolute Gasteiger partial charge is 0.327 e. The van der Waals surface area contributed by atoms with Crippen LogP contribution in [0.4, 0.5) is 0 Å². The Balaban J connectivity index is 1.50. The number of para-hydroxylation sites is 3. The molecule has 194 valence electrons. The Hall–Kier alpha value is -4.52. The lowest BCUT2D eigenvalue weighted by atomic mass is 10.1. The van der Waals surface area contributed by atoms with E-state index >= 15 is 0 Å². The first-order chi connectivity index (χ1) is 19.0. The van der Waals surface area contributed by atoms with Crippen molar-refractivity contribution in [2.75, 3.05) is 13.1 Å². The zero-order valence-electron chi connectivity index (χ0n) is 21.4. The van der Waals surface area contributed by atoms with Gasteiger partial charge in [-0.2, -0.15) is 14.7 Å². The van der Waals surface area contributed by atoms with Gasteiger partial charge in [0.15, 0.2) is 5.82 Å². The van der Waals surface area contributed by atoms with Gasteiger partial charge in [-0.25, -0.2) is 18.1 Å². The van der Waals surface area contributed by atoms with E-state index in [1.165, 1.54) is 4.31 Å². The van der Waals surface area contributed by atoms with Crippen molar-refractivity contribution in [2.45, 2.75) is 17.7 Å². The maximum atomic E-state index is 13.3. The predicted molar refractivity (Wildman–Crippen MR) is 151 cm³/mol. The number of sulfonamides is 1. The van der Waals surface area contributed by atoms with Gasteiger partial charge in [-0.15, -0.1) is 0 Å². The Morgan fingerprint density at radius 1 is 0.974 bits per heavy atom. The second-order valence-electron chi connectivity index (χ2n) is 9.51. The van der Waals surface area contributed by atoms with E-state index in [2.05, 4.69) is 6.07 Å². The Kier molecular flexibility index (Phi) is 6.35. The zero-order chi connectivity index (χ0) is 27.0. The minimum atomic E-state index is -3.60. The molecule has 1 saturated heterocycles. The molecule has 2 aromatic heterocycles. The maximum Gasteiger partial charge on any atom is 0.243 e. The Morgan fingerprint density at radius 2 is 1.72 bits per heavy atom. The summed E-state index contributed by atoms with van der Waals surface area (Å²) in [6.07, 6.45) is 5.36. The van der Waals surface area contributed by atoms with Gasteiger partial charge >= 0.3 is 0 Å². The summed E-state index contributed by atoms with van der Waals surface area (Å²) in [5.74, 6) is 0.544. The number of benzene rings is 3. The molecule has 0 aliphatic carbocycles. The highest BCUT2D eigenvalue weighted by Crippen LogP contribution is 2.31. The van der Waals surface area contributed by atoms with Crippen molar-refractivity contribution in [3.05, 3.63) is 96.4 Å². The van der Waals surface area contributed by atoms with E-state index in [1.807, 2.05) is 78.5 Å². The van der Waals surface area contributed by atoms with Crippen molar-refractivity contribution in [1.29, 1.82) is 5.26 Å². The second kappa shape index (κ2) is 9.98. The van der Waals surface area contributed by atoms with Gasteiger partial charge in [0.2, 0.25) is 10.0 Å². The highest BCUT2D eigenvalue weighted by Gasteiger charge is 2.27. The Labute approximate surface area is 227 Å². The summed E-state index contributed by atoms with van der Waals surface area (Å²) in [5.41, 5.74) is 4.86. The second-order valence-corrected chi connectivity index (χ2v) is 11.4. The lowest BCUT2D eigenvalue weighted by Crippen LogP contribution is -2.27. The number of allylic oxidation sites excluding steroid dienone is 1. The fraction of sp³-hybridized carbons (Fsp3) is 0.167. The van der Waals surface area contributed by atoms with Gasteiger partial charge in [-0.3, -0.25) is 0 Å². The van der Waals surface area contributed by atoms with Crippen LogP contribution in [-0.2, 0) is 17.1 Å². The molecule has 5 aromatic rings. The third-order valence-electron chi connectivity index (χ3n) is 7.02. The molecule has 39 heavy (non-hydrogen) atoms. The number of imidazole rings is 1. The third kappa shape index (κ3) is 4.54. The maximum absolute atomic E-state index is 13.3. The van der Waals surface area contributed by atoms with Crippen molar-refractivity contribution in [3.63, 3.8) is 0 Å². The van der Waals surface area contributed by atoms with Gasteiger partial charge in [-0.05, 0) is 55.3 Å². The molecule has 0 saturated carbocycles. The Morgan fingerprint density at radius 3 is 2.46 bits per heavy atom. The van der Waals surface area contributed by atoms with Gasteiger partial charge in [0.05, 0.1) is 27.2 Å². The van der Waals surface area contributed by atoms with Gasteiger partial charge in [0.1, 0.15) is 11.8 Å². The molecule has 0 amide bonds. The number of hydrogen-bond acceptors (Lipinski definition) is 5. The molecule has 3 aromatic carbocycles. The van der Waals surface area contributed by atoms with E-state index in [1.54, 1.807) is 29.0 Å². The van der Waals surface area contributed by atoms with E-state index in [4.69, 9.17) is 10.1 Å². The fourth-order valence-corrected chi connectivity index (χ4v) is 6.56. The highest BCUT2D eigenvalue weighted by molar-refractivity contribution is 7.89. The van der Waals surface area contributed by atoms with Crippen LogP contribution < -0.4 is 0 Å². The summed E-state index contributed by atoms with van der Waals surface area (Å²) in [4.78, 5) is 4.94. The van der Waals surface area contributed by atoms with Crippen molar-refractivity contribution >= 4 is 32.7 Å². The van der Waals surface area contributed by atoms with Crippen LogP contribution in [0, 0.1) is 11.3 Å². The topological polar surface area (TPSA) is 96.8 Å². The van der Waals surface area contributed by atoms with Gasteiger partial charge in [0.25, 0.3) is 0 Å². The molecule has 1 fully saturated rings. The number of hydrogen-bond donors (Lipinski definition) is 0. The van der Waals surface area contributed by atoms with Crippen molar-refractivity contribution in [2.24, 2.45) is 7.05 Å². The van der Waals surface area contributed by atoms with Crippen molar-refractivity contribution in [1.82, 2.24) is 23.6 Å². The molecule has 0 unspecified atom stereocenters. The molecule has 0 N–H and O–H groups in total. The number of aromatic nitrogens is 4. The van der Waals surface area contributed by atoms with Crippen LogP contribution in [0.5, 0.6) is 0 Å². The normalized spacial score (nSPS) is 14.6. The first-order valence-electron chi connectivity index (χ1n) is 12.7. The van der Waals surface area contributed by atoms with Crippen LogP contribution in [0.25, 0.3) is 39.6 Å². The molecule has 0 bridgehead atoms. The van der Waals surface area contributed by atoms with E-state index in [0.717, 1.165) is 29.6 Å². The average Bonchev–Trinajstić information content (AvgIpc) is 3.73. The molecular formula is C30H26N6O2S. The molecule has 6 rings (SSSR count). The molecule has 8 nitrogen and oxygen atoms in total. The van der Waals surface area contributed by atoms with Crippen LogP contribution in [0.15, 0.2) is 90.0 Å². The molecule has 0 atom stereocenters. The van der Waals surface area contributed by atoms with Crippen LogP contribution in [-0.4, -0.2) is 45.1 Å². The van der Waals surface area contributed by atoms with Crippen LogP contribution in [0.2, 0.25) is 0 Å². The number of rotatable bonds is 6. The summed E-state index contributed by atoms with van der Waals surface area (Å²) in [6.45, 7) is 1.07. The molecule has 1 aliphatic rings. The highest BCUT2D eigenvalue weighted by atomic mass is 32.2. The number of aryl methyl sites for hydroxylation is 1. The predicted octanol–water partition coefficient (Wildman–Crippen LogP) is 5.27. The number of nitriles is 1. The molecule has 3 heterocycles. The summed E-state index contributed by atoms with van der Waals surface area (Å²) in [7, 11) is -1.72. The van der Waals surface area contributed by atoms with Gasteiger partial charge in [0, 0.05) is 37.5 Å². The van der Waals surface area contributed by atoms with E-state index in [-0.39, 0.29) is 4.90 Å².